The summed E-state index contributed by atoms with van der Waals surface area (Å²) in [5.41, 5.74) is -0.549. The summed E-state index contributed by atoms with van der Waals surface area (Å²) in [6.07, 6.45) is 0. The highest BCUT2D eigenvalue weighted by atomic mass is 32.2. The van der Waals surface area contributed by atoms with E-state index in [4.69, 9.17) is 5.11 Å². The van der Waals surface area contributed by atoms with Crippen molar-refractivity contribution in [2.45, 2.75) is 9.79 Å². The van der Waals surface area contributed by atoms with Crippen LogP contribution in [-0.4, -0.2) is 16.0 Å². The fourth-order valence-corrected chi connectivity index (χ4v) is 2.58. The van der Waals surface area contributed by atoms with Crippen molar-refractivity contribution in [3.05, 3.63) is 64.0 Å². The number of aromatic carboxylic acids is 1. The van der Waals surface area contributed by atoms with E-state index < -0.39 is 22.4 Å². The van der Waals surface area contributed by atoms with Crippen molar-refractivity contribution < 1.29 is 19.2 Å². The Labute approximate surface area is 117 Å². The van der Waals surface area contributed by atoms with E-state index >= 15 is 0 Å². The van der Waals surface area contributed by atoms with E-state index in [1.807, 2.05) is 0 Å². The zero-order chi connectivity index (χ0) is 14.7. The van der Waals surface area contributed by atoms with Crippen LogP contribution in [0.1, 0.15) is 10.4 Å². The maximum Gasteiger partial charge on any atom is 0.335 e. The van der Waals surface area contributed by atoms with Gasteiger partial charge in [-0.25, -0.2) is 4.79 Å². The molecule has 7 heteroatoms. The number of halogens is 1. The molecule has 0 saturated carbocycles. The lowest BCUT2D eigenvalue weighted by atomic mass is 10.2. The van der Waals surface area contributed by atoms with Gasteiger partial charge in [0.05, 0.1) is 15.4 Å². The Balaban J connectivity index is 2.40. The Morgan fingerprint density at radius 1 is 1.25 bits per heavy atom. The number of hydrogen-bond acceptors (Lipinski definition) is 4. The number of nitro groups is 1. The quantitative estimate of drug-likeness (QED) is 0.688. The monoisotopic (exact) mass is 293 g/mol. The number of rotatable bonds is 4. The van der Waals surface area contributed by atoms with Crippen molar-refractivity contribution >= 4 is 23.4 Å². The Morgan fingerprint density at radius 2 is 1.95 bits per heavy atom. The van der Waals surface area contributed by atoms with Crippen molar-refractivity contribution in [2.24, 2.45) is 0 Å². The van der Waals surface area contributed by atoms with Crippen LogP contribution in [0.4, 0.5) is 10.1 Å². The number of carbonyl (C=O) groups is 1. The standard InChI is InChI=1S/C13H8FNO4S/c14-10-5-2-6-11(12(10)15(18)19)20-9-4-1-3-8(7-9)13(16)17/h1-7H,(H,16,17). The Hall–Kier alpha value is -2.41. The minimum absolute atomic E-state index is 0.0639. The molecule has 0 spiro atoms. The first-order valence-electron chi connectivity index (χ1n) is 5.43. The van der Waals surface area contributed by atoms with Gasteiger partial charge in [-0.1, -0.05) is 23.9 Å². The molecule has 0 radical (unpaired) electrons. The van der Waals surface area contributed by atoms with Crippen molar-refractivity contribution in [3.8, 4) is 0 Å². The zero-order valence-corrected chi connectivity index (χ0v) is 10.8. The zero-order valence-electron chi connectivity index (χ0n) is 9.95. The van der Waals surface area contributed by atoms with Crippen molar-refractivity contribution in [3.63, 3.8) is 0 Å². The maximum absolute atomic E-state index is 13.5. The third-order valence-corrected chi connectivity index (χ3v) is 3.48. The molecule has 0 bridgehead atoms. The van der Waals surface area contributed by atoms with Gasteiger partial charge in [-0.05, 0) is 30.3 Å². The second-order valence-corrected chi connectivity index (χ2v) is 4.89. The summed E-state index contributed by atoms with van der Waals surface area (Å²) >= 11 is 0.943. The number of nitrogens with zero attached hydrogens (tertiary/aromatic N) is 1. The molecule has 2 rings (SSSR count). The van der Waals surface area contributed by atoms with E-state index in [0.29, 0.717) is 4.90 Å². The Bertz CT molecular complexity index is 690. The van der Waals surface area contributed by atoms with E-state index in [1.165, 1.54) is 30.3 Å². The molecule has 0 heterocycles. The molecular weight excluding hydrogens is 285 g/mol. The molecule has 0 aliphatic rings. The topological polar surface area (TPSA) is 80.4 Å². The minimum Gasteiger partial charge on any atom is -0.478 e. The molecule has 0 aromatic heterocycles. The number of nitro benzene ring substituents is 1. The van der Waals surface area contributed by atoms with Crippen LogP contribution >= 0.6 is 11.8 Å². The van der Waals surface area contributed by atoms with Crippen LogP contribution in [-0.2, 0) is 0 Å². The van der Waals surface area contributed by atoms with E-state index in [2.05, 4.69) is 0 Å². The second-order valence-electron chi connectivity index (χ2n) is 3.78. The van der Waals surface area contributed by atoms with Gasteiger partial charge >= 0.3 is 11.7 Å². The fourth-order valence-electron chi connectivity index (χ4n) is 1.57. The number of para-hydroxylation sites is 1. The average molecular weight is 293 g/mol. The Morgan fingerprint density at radius 3 is 2.60 bits per heavy atom. The van der Waals surface area contributed by atoms with E-state index in [0.717, 1.165) is 17.8 Å². The maximum atomic E-state index is 13.5. The van der Waals surface area contributed by atoms with Gasteiger partial charge in [0.2, 0.25) is 5.82 Å². The van der Waals surface area contributed by atoms with Crippen LogP contribution in [0.5, 0.6) is 0 Å². The first-order chi connectivity index (χ1) is 9.49. The molecule has 0 aliphatic carbocycles. The van der Waals surface area contributed by atoms with Gasteiger partial charge in [-0.3, -0.25) is 10.1 Å². The molecule has 102 valence electrons. The SMILES string of the molecule is O=C(O)c1cccc(Sc2cccc(F)c2[N+](=O)[O-])c1. The van der Waals surface area contributed by atoms with Crippen LogP contribution in [0.25, 0.3) is 0 Å². The van der Waals surface area contributed by atoms with E-state index in [-0.39, 0.29) is 10.5 Å². The van der Waals surface area contributed by atoms with E-state index in [1.54, 1.807) is 6.07 Å². The van der Waals surface area contributed by atoms with Gasteiger partial charge in [-0.2, -0.15) is 4.39 Å². The summed E-state index contributed by atoms with van der Waals surface area (Å²) in [5.74, 6) is -2.02. The summed E-state index contributed by atoms with van der Waals surface area (Å²) in [4.78, 5) is 21.5. The summed E-state index contributed by atoms with van der Waals surface area (Å²) < 4.78 is 13.5. The molecule has 1 N–H and O–H groups in total. The summed E-state index contributed by atoms with van der Waals surface area (Å²) in [7, 11) is 0. The molecule has 2 aromatic carbocycles. The highest BCUT2D eigenvalue weighted by molar-refractivity contribution is 7.99. The molecular formula is C13H8FNO4S. The van der Waals surface area contributed by atoms with Gasteiger partial charge in [0.25, 0.3) is 0 Å². The third kappa shape index (κ3) is 2.94. The number of carboxylic acids is 1. The van der Waals surface area contributed by atoms with Gasteiger partial charge in [0.15, 0.2) is 0 Å². The number of carboxylic acid groups (broad SMARTS) is 1. The van der Waals surface area contributed by atoms with Crippen molar-refractivity contribution in [1.82, 2.24) is 0 Å². The molecule has 0 fully saturated rings. The van der Waals surface area contributed by atoms with Gasteiger partial charge < -0.3 is 5.11 Å². The number of hydrogen-bond donors (Lipinski definition) is 1. The third-order valence-electron chi connectivity index (χ3n) is 2.44. The molecule has 0 unspecified atom stereocenters. The smallest absolute Gasteiger partial charge is 0.335 e. The predicted octanol–water partition coefficient (Wildman–Crippen LogP) is 3.58. The minimum atomic E-state index is -1.10. The summed E-state index contributed by atoms with van der Waals surface area (Å²) in [6, 6.07) is 9.71. The molecule has 0 atom stereocenters. The molecule has 0 aliphatic heterocycles. The number of benzene rings is 2. The molecule has 0 saturated heterocycles. The second kappa shape index (κ2) is 5.70. The molecule has 20 heavy (non-hydrogen) atoms. The van der Waals surface area contributed by atoms with Crippen molar-refractivity contribution in [1.29, 1.82) is 0 Å². The molecule has 0 amide bonds. The largest absolute Gasteiger partial charge is 0.478 e. The van der Waals surface area contributed by atoms with Crippen LogP contribution in [0, 0.1) is 15.9 Å². The molecule has 2 aromatic rings. The summed E-state index contributed by atoms with van der Waals surface area (Å²) in [6.45, 7) is 0. The fraction of sp³-hybridized carbons (Fsp3) is 0. The lowest BCUT2D eigenvalue weighted by molar-refractivity contribution is -0.390. The first kappa shape index (κ1) is 14.0. The predicted molar refractivity (Wildman–Crippen MR) is 70.6 cm³/mol. The van der Waals surface area contributed by atoms with E-state index in [9.17, 15) is 19.3 Å². The van der Waals surface area contributed by atoms with Gasteiger partial charge in [0.1, 0.15) is 0 Å². The van der Waals surface area contributed by atoms with Gasteiger partial charge in [-0.15, -0.1) is 0 Å². The lowest BCUT2D eigenvalue weighted by Crippen LogP contribution is -1.96. The molecule has 5 nitrogen and oxygen atoms in total. The average Bonchev–Trinajstić information content (AvgIpc) is 2.38. The lowest BCUT2D eigenvalue weighted by Gasteiger charge is -2.04. The highest BCUT2D eigenvalue weighted by Gasteiger charge is 2.20. The van der Waals surface area contributed by atoms with Crippen LogP contribution < -0.4 is 0 Å². The Kier molecular flexibility index (Phi) is 3.99. The highest BCUT2D eigenvalue weighted by Crippen LogP contribution is 2.36. The summed E-state index contributed by atoms with van der Waals surface area (Å²) in [5, 5.41) is 19.8. The van der Waals surface area contributed by atoms with Crippen molar-refractivity contribution in [2.75, 3.05) is 0 Å². The first-order valence-corrected chi connectivity index (χ1v) is 6.25. The van der Waals surface area contributed by atoms with Gasteiger partial charge in [0, 0.05) is 4.90 Å². The van der Waals surface area contributed by atoms with Crippen LogP contribution in [0.2, 0.25) is 0 Å². The van der Waals surface area contributed by atoms with Crippen LogP contribution in [0.3, 0.4) is 0 Å². The van der Waals surface area contributed by atoms with Crippen LogP contribution in [0.15, 0.2) is 52.3 Å². The normalized spacial score (nSPS) is 10.2.